The third-order valence-corrected chi connectivity index (χ3v) is 13.6. The number of aliphatic hydroxyl groups excluding tert-OH is 2. The van der Waals surface area contributed by atoms with Gasteiger partial charge in [-0.2, -0.15) is 9.97 Å². The number of fused-ring (bicyclic) bond motifs is 3. The fourth-order valence-electron chi connectivity index (χ4n) is 6.65. The molecular weight excluding hydrogens is 560 g/mol. The van der Waals surface area contributed by atoms with Gasteiger partial charge in [-0.25, -0.2) is 4.98 Å². The number of aliphatic hydroxyl groups is 2. The summed E-state index contributed by atoms with van der Waals surface area (Å²) in [6.07, 6.45) is -1.02. The number of nitrogens with one attached hydrogen (secondary N) is 1. The molecule has 38 heavy (non-hydrogen) atoms. The van der Waals surface area contributed by atoms with E-state index in [-0.39, 0.29) is 34.2 Å². The molecule has 2 aliphatic carbocycles. The Morgan fingerprint density at radius 3 is 2.50 bits per heavy atom. The highest BCUT2D eigenvalue weighted by Gasteiger charge is 2.61. The van der Waals surface area contributed by atoms with E-state index in [0.717, 1.165) is 12.8 Å². The maximum absolute atomic E-state index is 12.2. The maximum Gasteiger partial charge on any atom is 0.335 e. The first-order valence-electron chi connectivity index (χ1n) is 12.6. The van der Waals surface area contributed by atoms with Crippen LogP contribution in [0.2, 0.25) is 5.28 Å². The summed E-state index contributed by atoms with van der Waals surface area (Å²) in [6, 6.07) is 0.164. The van der Waals surface area contributed by atoms with Gasteiger partial charge in [0, 0.05) is 12.2 Å². The van der Waals surface area contributed by atoms with Gasteiger partial charge in [0.2, 0.25) is 12.7 Å². The second-order valence-corrected chi connectivity index (χ2v) is 16.6. The van der Waals surface area contributed by atoms with Crippen molar-refractivity contribution in [2.75, 3.05) is 17.4 Å². The lowest BCUT2D eigenvalue weighted by Gasteiger charge is -2.39. The number of nitrogens with zero attached hydrogens (tertiary/aromatic N) is 4. The number of aromatic nitrogens is 4. The second-order valence-electron chi connectivity index (χ2n) is 11.7. The van der Waals surface area contributed by atoms with Gasteiger partial charge in [0.25, 0.3) is 0 Å². The number of hydrogen-bond acceptors (Lipinski definition) is 9. The summed E-state index contributed by atoms with van der Waals surface area (Å²) >= 11 is 6.28. The van der Waals surface area contributed by atoms with Crippen molar-refractivity contribution in [3.05, 3.63) is 11.6 Å². The van der Waals surface area contributed by atoms with E-state index < -0.39 is 51.6 Å². The predicted molar refractivity (Wildman–Crippen MR) is 139 cm³/mol. The fraction of sp³-hybridized carbons (Fsp3) is 0.773. The molecule has 0 aromatic carbocycles. The van der Waals surface area contributed by atoms with E-state index in [9.17, 15) is 24.2 Å². The summed E-state index contributed by atoms with van der Waals surface area (Å²) in [6.45, 7) is 6.92. The average molecular weight is 594 g/mol. The summed E-state index contributed by atoms with van der Waals surface area (Å²) in [5.74, 6) is -0.0901. The van der Waals surface area contributed by atoms with Crippen molar-refractivity contribution in [2.45, 2.75) is 77.0 Å². The summed E-state index contributed by atoms with van der Waals surface area (Å²) in [5, 5.41) is 24.8. The Morgan fingerprint density at radius 2 is 1.89 bits per heavy atom. The molecule has 0 spiro atoms. The van der Waals surface area contributed by atoms with Gasteiger partial charge in [-0.3, -0.25) is 13.7 Å². The first kappa shape index (κ1) is 28.4. The molecule has 6 N–H and O–H groups in total. The van der Waals surface area contributed by atoms with Crippen LogP contribution in [-0.2, 0) is 13.9 Å². The Bertz CT molecular complexity index is 1340. The average Bonchev–Trinajstić information content (AvgIpc) is 3.44. The van der Waals surface area contributed by atoms with Gasteiger partial charge in [-0.05, 0) is 54.0 Å². The molecule has 3 heterocycles. The molecule has 5 rings (SSSR count). The van der Waals surface area contributed by atoms with Crippen LogP contribution in [-0.4, -0.2) is 80.8 Å². The van der Waals surface area contributed by atoms with Crippen LogP contribution in [0.1, 0.15) is 52.7 Å². The van der Waals surface area contributed by atoms with Gasteiger partial charge < -0.3 is 34.9 Å². The SMILES string of the molecule is CC1(C)[C@@H]2CC[C@@]1(C)C(Nc1nc(Cl)nc3c1ncn3[C@@H]1O[C@H](CCP(=O)(O)CP(=O)(O)O)[C@H](O)C1O)C2. The van der Waals surface area contributed by atoms with Crippen molar-refractivity contribution in [1.82, 2.24) is 19.5 Å². The molecule has 8 atom stereocenters. The first-order chi connectivity index (χ1) is 17.5. The van der Waals surface area contributed by atoms with Gasteiger partial charge in [-0.15, -0.1) is 0 Å². The molecule has 1 aliphatic heterocycles. The zero-order chi connectivity index (χ0) is 27.8. The van der Waals surface area contributed by atoms with Crippen molar-refractivity contribution < 1.29 is 38.8 Å². The molecule has 212 valence electrons. The van der Waals surface area contributed by atoms with Crippen LogP contribution >= 0.6 is 26.6 Å². The highest BCUT2D eigenvalue weighted by molar-refractivity contribution is 7.72. The zero-order valence-electron chi connectivity index (χ0n) is 21.3. The Balaban J connectivity index is 1.37. The fourth-order valence-corrected chi connectivity index (χ4v) is 10.3. The number of hydrogen-bond donors (Lipinski definition) is 6. The summed E-state index contributed by atoms with van der Waals surface area (Å²) in [5.41, 5.74) is 0.953. The van der Waals surface area contributed by atoms with Crippen molar-refractivity contribution in [3.8, 4) is 0 Å². The van der Waals surface area contributed by atoms with Crippen LogP contribution in [0.15, 0.2) is 6.33 Å². The van der Waals surface area contributed by atoms with Crippen LogP contribution in [0.3, 0.4) is 0 Å². The van der Waals surface area contributed by atoms with E-state index in [1.165, 1.54) is 17.3 Å². The topological polar surface area (TPSA) is 200 Å². The van der Waals surface area contributed by atoms with Gasteiger partial charge in [0.15, 0.2) is 23.2 Å². The molecule has 16 heteroatoms. The molecule has 3 aliphatic rings. The lowest BCUT2D eigenvalue weighted by molar-refractivity contribution is -0.0354. The third kappa shape index (κ3) is 4.84. The normalized spacial score (nSPS) is 36.1. The van der Waals surface area contributed by atoms with Crippen LogP contribution in [0, 0.1) is 16.7 Å². The molecule has 2 aromatic heterocycles. The highest BCUT2D eigenvalue weighted by Crippen LogP contribution is 2.66. The Morgan fingerprint density at radius 1 is 1.18 bits per heavy atom. The van der Waals surface area contributed by atoms with E-state index in [1.807, 2.05) is 0 Å². The van der Waals surface area contributed by atoms with Gasteiger partial charge in [0.1, 0.15) is 18.1 Å². The molecule has 0 radical (unpaired) electrons. The van der Waals surface area contributed by atoms with Gasteiger partial charge in [0.05, 0.1) is 12.4 Å². The second kappa shape index (κ2) is 9.46. The lowest BCUT2D eigenvalue weighted by atomic mass is 9.69. The number of halogens is 1. The number of imidazole rings is 1. The lowest BCUT2D eigenvalue weighted by Crippen LogP contribution is -2.40. The van der Waals surface area contributed by atoms with Crippen molar-refractivity contribution in [1.29, 1.82) is 0 Å². The highest BCUT2D eigenvalue weighted by atomic mass is 35.5. The van der Waals surface area contributed by atoms with E-state index in [1.54, 1.807) is 0 Å². The largest absolute Gasteiger partial charge is 0.388 e. The van der Waals surface area contributed by atoms with E-state index in [4.69, 9.17) is 26.1 Å². The quantitative estimate of drug-likeness (QED) is 0.193. The van der Waals surface area contributed by atoms with Crippen molar-refractivity contribution in [3.63, 3.8) is 0 Å². The van der Waals surface area contributed by atoms with Crippen LogP contribution in [0.5, 0.6) is 0 Å². The van der Waals surface area contributed by atoms with Crippen LogP contribution in [0.25, 0.3) is 11.2 Å². The Hall–Kier alpha value is -1.14. The Labute approximate surface area is 224 Å². The summed E-state index contributed by atoms with van der Waals surface area (Å²) in [7, 11) is -8.88. The van der Waals surface area contributed by atoms with E-state index in [2.05, 4.69) is 41.0 Å². The molecule has 2 saturated carbocycles. The van der Waals surface area contributed by atoms with Crippen LogP contribution < -0.4 is 5.32 Å². The van der Waals surface area contributed by atoms with Crippen molar-refractivity contribution in [2.24, 2.45) is 16.7 Å². The number of anilines is 1. The maximum atomic E-state index is 12.2. The minimum atomic E-state index is -4.70. The van der Waals surface area contributed by atoms with Gasteiger partial charge >= 0.3 is 7.60 Å². The third-order valence-electron chi connectivity index (χ3n) is 9.28. The molecule has 3 unspecified atom stereocenters. The molecule has 3 fully saturated rings. The first-order valence-corrected chi connectivity index (χ1v) is 16.8. The number of rotatable bonds is 8. The van der Waals surface area contributed by atoms with E-state index >= 15 is 0 Å². The predicted octanol–water partition coefficient (Wildman–Crippen LogP) is 2.52. The standard InChI is InChI=1S/C22H34ClN5O8P2/c1-21(2)11-4-6-22(21,3)13(8-11)25-17-14-18(27-20(23)26-17)28(9-24-14)19-16(30)15(29)12(36-19)5-7-37(31,32)10-38(33,34)35/h9,11-13,15-16,19,29-30H,4-8,10H2,1-3H3,(H,31,32)(H,25,26,27)(H2,33,34,35)/t11-,12-,13?,15+,16?,19-,22+/m1/s1. The smallest absolute Gasteiger partial charge is 0.335 e. The van der Waals surface area contributed by atoms with Crippen molar-refractivity contribution >= 4 is 43.5 Å². The molecule has 0 amide bonds. The molecule has 13 nitrogen and oxygen atoms in total. The summed E-state index contributed by atoms with van der Waals surface area (Å²) in [4.78, 5) is 41.1. The zero-order valence-corrected chi connectivity index (χ0v) is 23.9. The minimum absolute atomic E-state index is 0.0300. The molecule has 1 saturated heterocycles. The monoisotopic (exact) mass is 593 g/mol. The molecule has 2 aromatic rings. The summed E-state index contributed by atoms with van der Waals surface area (Å²) < 4.78 is 30.6. The van der Waals surface area contributed by atoms with Gasteiger partial charge in [-0.1, -0.05) is 20.8 Å². The Kier molecular flexibility index (Phi) is 7.07. The molecule has 2 bridgehead atoms. The minimum Gasteiger partial charge on any atom is -0.388 e. The van der Waals surface area contributed by atoms with Crippen LogP contribution in [0.4, 0.5) is 5.82 Å². The van der Waals surface area contributed by atoms with E-state index in [0.29, 0.717) is 17.3 Å². The molecular formula is C22H34ClN5O8P2. The number of ether oxygens (including phenoxy) is 1.